The van der Waals surface area contributed by atoms with Crippen molar-refractivity contribution in [1.82, 2.24) is 5.32 Å². The molecule has 2 aromatic rings. The van der Waals surface area contributed by atoms with E-state index >= 15 is 0 Å². The molecule has 0 saturated carbocycles. The van der Waals surface area contributed by atoms with Crippen molar-refractivity contribution >= 4 is 21.6 Å². The van der Waals surface area contributed by atoms with Crippen molar-refractivity contribution in [2.75, 3.05) is 17.6 Å². The summed E-state index contributed by atoms with van der Waals surface area (Å²) in [5.41, 5.74) is 3.77. The van der Waals surface area contributed by atoms with Crippen molar-refractivity contribution in [3.8, 4) is 0 Å². The van der Waals surface area contributed by atoms with Gasteiger partial charge >= 0.3 is 0 Å². The molecule has 0 saturated heterocycles. The lowest BCUT2D eigenvalue weighted by Crippen LogP contribution is -2.29. The van der Waals surface area contributed by atoms with E-state index in [1.54, 1.807) is 25.1 Å². The van der Waals surface area contributed by atoms with Crippen molar-refractivity contribution in [1.29, 1.82) is 0 Å². The summed E-state index contributed by atoms with van der Waals surface area (Å²) in [6.07, 6.45) is 1.14. The average Bonchev–Trinajstić information content (AvgIpc) is 2.54. The molecule has 0 bridgehead atoms. The largest absolute Gasteiger partial charge is 0.346 e. The number of nitrogens with one attached hydrogen (secondary N) is 1. The minimum atomic E-state index is -3.39. The van der Waals surface area contributed by atoms with Crippen LogP contribution in [0.2, 0.25) is 0 Å². The Kier molecular flexibility index (Phi) is 5.52. The number of benzene rings is 2. The molecule has 0 spiro atoms. The third-order valence-corrected chi connectivity index (χ3v) is 5.50. The fourth-order valence-corrected chi connectivity index (χ4v) is 3.16. The van der Waals surface area contributed by atoms with Crippen LogP contribution in [0.1, 0.15) is 40.0 Å². The van der Waals surface area contributed by atoms with Crippen LogP contribution in [0.4, 0.5) is 5.69 Å². The smallest absolute Gasteiger partial charge is 0.252 e. The van der Waals surface area contributed by atoms with E-state index in [9.17, 15) is 13.2 Å². The quantitative estimate of drug-likeness (QED) is 0.890. The maximum atomic E-state index is 12.7. The molecule has 0 radical (unpaired) electrons. The maximum Gasteiger partial charge on any atom is 0.252 e. The number of hydrogen-bond acceptors (Lipinski definition) is 3. The number of amides is 1. The van der Waals surface area contributed by atoms with Gasteiger partial charge in [0.15, 0.2) is 0 Å². The first-order valence-corrected chi connectivity index (χ1v) is 9.87. The van der Waals surface area contributed by atoms with Crippen LogP contribution >= 0.6 is 0 Å². The Labute approximate surface area is 149 Å². The van der Waals surface area contributed by atoms with Gasteiger partial charge in [-0.2, -0.15) is 0 Å². The van der Waals surface area contributed by atoms with Crippen LogP contribution < -0.4 is 9.62 Å². The van der Waals surface area contributed by atoms with Gasteiger partial charge in [0.2, 0.25) is 10.0 Å². The molecule has 2 rings (SSSR count). The zero-order valence-corrected chi connectivity index (χ0v) is 16.0. The van der Waals surface area contributed by atoms with Crippen molar-refractivity contribution in [3.05, 3.63) is 64.7 Å². The van der Waals surface area contributed by atoms with Gasteiger partial charge in [0.1, 0.15) is 0 Å². The lowest BCUT2D eigenvalue weighted by Gasteiger charge is -2.21. The highest BCUT2D eigenvalue weighted by molar-refractivity contribution is 7.92. The molecule has 0 aliphatic heterocycles. The van der Waals surface area contributed by atoms with Gasteiger partial charge in [-0.15, -0.1) is 0 Å². The Morgan fingerprint density at radius 1 is 1.08 bits per heavy atom. The number of nitrogens with zero attached hydrogens (tertiary/aromatic N) is 1. The Morgan fingerprint density at radius 3 is 2.24 bits per heavy atom. The Morgan fingerprint density at radius 2 is 1.68 bits per heavy atom. The van der Waals surface area contributed by atoms with Gasteiger partial charge in [0.25, 0.3) is 5.91 Å². The molecule has 6 heteroatoms. The lowest BCUT2D eigenvalue weighted by molar-refractivity contribution is 0.0939. The SMILES string of the molecule is Cc1ccc([C@@H](C)NC(=O)c2cccc(N(C)S(C)(=O)=O)c2C)cc1. The second-order valence-electron chi connectivity index (χ2n) is 6.29. The summed E-state index contributed by atoms with van der Waals surface area (Å²) in [5.74, 6) is -0.227. The summed E-state index contributed by atoms with van der Waals surface area (Å²) < 4.78 is 24.7. The predicted octanol–water partition coefficient (Wildman–Crippen LogP) is 3.19. The highest BCUT2D eigenvalue weighted by Crippen LogP contribution is 2.24. The maximum absolute atomic E-state index is 12.7. The molecule has 1 amide bonds. The second-order valence-corrected chi connectivity index (χ2v) is 8.30. The first-order valence-electron chi connectivity index (χ1n) is 8.02. The van der Waals surface area contributed by atoms with E-state index in [0.29, 0.717) is 16.8 Å². The molecule has 0 fully saturated rings. The summed E-state index contributed by atoms with van der Waals surface area (Å²) >= 11 is 0. The Bertz CT molecular complexity index is 874. The molecule has 0 aromatic heterocycles. The van der Waals surface area contributed by atoms with Gasteiger partial charge < -0.3 is 5.32 Å². The molecule has 2 aromatic carbocycles. The summed E-state index contributed by atoms with van der Waals surface area (Å²) in [5, 5.41) is 2.97. The lowest BCUT2D eigenvalue weighted by atomic mass is 10.0. The minimum Gasteiger partial charge on any atom is -0.346 e. The van der Waals surface area contributed by atoms with E-state index in [-0.39, 0.29) is 11.9 Å². The summed E-state index contributed by atoms with van der Waals surface area (Å²) in [4.78, 5) is 12.7. The average molecular weight is 360 g/mol. The number of hydrogen-bond donors (Lipinski definition) is 1. The fraction of sp³-hybridized carbons (Fsp3) is 0.316. The van der Waals surface area contributed by atoms with E-state index < -0.39 is 10.0 Å². The zero-order valence-electron chi connectivity index (χ0n) is 15.2. The second kappa shape index (κ2) is 7.27. The van der Waals surface area contributed by atoms with Crippen molar-refractivity contribution < 1.29 is 13.2 Å². The topological polar surface area (TPSA) is 66.5 Å². The summed E-state index contributed by atoms with van der Waals surface area (Å²) in [6, 6.07) is 12.9. The molecule has 134 valence electrons. The Balaban J connectivity index is 2.26. The van der Waals surface area contributed by atoms with E-state index in [1.807, 2.05) is 38.1 Å². The number of anilines is 1. The number of rotatable bonds is 5. The van der Waals surface area contributed by atoms with E-state index in [1.165, 1.54) is 11.4 Å². The van der Waals surface area contributed by atoms with Gasteiger partial charge in [-0.05, 0) is 44.0 Å². The van der Waals surface area contributed by atoms with E-state index in [0.717, 1.165) is 17.4 Å². The zero-order chi connectivity index (χ0) is 18.8. The molecule has 0 heterocycles. The monoisotopic (exact) mass is 360 g/mol. The number of carbonyl (C=O) groups is 1. The highest BCUT2D eigenvalue weighted by atomic mass is 32.2. The molecule has 0 unspecified atom stereocenters. The first kappa shape index (κ1) is 19.0. The van der Waals surface area contributed by atoms with Crippen LogP contribution in [0, 0.1) is 13.8 Å². The fourth-order valence-electron chi connectivity index (χ4n) is 2.60. The predicted molar refractivity (Wildman–Crippen MR) is 101 cm³/mol. The van der Waals surface area contributed by atoms with Crippen LogP contribution in [0.15, 0.2) is 42.5 Å². The summed E-state index contributed by atoms with van der Waals surface area (Å²) in [6.45, 7) is 5.69. The number of aryl methyl sites for hydroxylation is 1. The highest BCUT2D eigenvalue weighted by Gasteiger charge is 2.19. The van der Waals surface area contributed by atoms with Crippen LogP contribution in [0.5, 0.6) is 0 Å². The van der Waals surface area contributed by atoms with Crippen LogP contribution in [-0.4, -0.2) is 27.6 Å². The molecule has 0 aliphatic carbocycles. The van der Waals surface area contributed by atoms with E-state index in [4.69, 9.17) is 0 Å². The molecule has 1 N–H and O–H groups in total. The van der Waals surface area contributed by atoms with Gasteiger partial charge in [0, 0.05) is 12.6 Å². The van der Waals surface area contributed by atoms with Gasteiger partial charge in [-0.1, -0.05) is 35.9 Å². The van der Waals surface area contributed by atoms with Crippen molar-refractivity contribution in [2.45, 2.75) is 26.8 Å². The number of carbonyl (C=O) groups excluding carboxylic acids is 1. The van der Waals surface area contributed by atoms with Gasteiger partial charge in [0.05, 0.1) is 18.0 Å². The molecule has 1 atom stereocenters. The molecule has 5 nitrogen and oxygen atoms in total. The molecule has 25 heavy (non-hydrogen) atoms. The molecular weight excluding hydrogens is 336 g/mol. The van der Waals surface area contributed by atoms with Gasteiger partial charge in [-0.3, -0.25) is 9.10 Å². The molecule has 0 aliphatic rings. The first-order chi connectivity index (χ1) is 11.6. The van der Waals surface area contributed by atoms with Crippen molar-refractivity contribution in [2.24, 2.45) is 0 Å². The molecular formula is C19H24N2O3S. The minimum absolute atomic E-state index is 0.149. The van der Waals surface area contributed by atoms with E-state index in [2.05, 4.69) is 5.32 Å². The van der Waals surface area contributed by atoms with Crippen LogP contribution in [-0.2, 0) is 10.0 Å². The third-order valence-electron chi connectivity index (χ3n) is 4.31. The Hall–Kier alpha value is -2.34. The van der Waals surface area contributed by atoms with Crippen LogP contribution in [0.25, 0.3) is 0 Å². The standard InChI is InChI=1S/C19H24N2O3S/c1-13-9-11-16(12-10-13)15(3)20-19(22)17-7-6-8-18(14(17)2)21(4)25(5,23)24/h6-12,15H,1-5H3,(H,20,22)/t15-/m1/s1. The third kappa shape index (κ3) is 4.39. The van der Waals surface area contributed by atoms with Gasteiger partial charge in [-0.25, -0.2) is 8.42 Å². The van der Waals surface area contributed by atoms with Crippen molar-refractivity contribution in [3.63, 3.8) is 0 Å². The normalized spacial score (nSPS) is 12.5. The number of sulfonamides is 1. The summed E-state index contributed by atoms with van der Waals surface area (Å²) in [7, 11) is -1.91. The van der Waals surface area contributed by atoms with Crippen LogP contribution in [0.3, 0.4) is 0 Å².